The third-order valence-electron chi connectivity index (χ3n) is 4.44. The molecule has 1 heterocycles. The number of nitrogens with one attached hydrogen (secondary N) is 1. The summed E-state index contributed by atoms with van der Waals surface area (Å²) in [6.45, 7) is 6.32. The summed E-state index contributed by atoms with van der Waals surface area (Å²) in [7, 11) is 0. The van der Waals surface area contributed by atoms with E-state index in [1.54, 1.807) is 0 Å². The second kappa shape index (κ2) is 5.85. The van der Waals surface area contributed by atoms with Crippen LogP contribution in [0.5, 0.6) is 0 Å². The highest BCUT2D eigenvalue weighted by Gasteiger charge is 2.35. The summed E-state index contributed by atoms with van der Waals surface area (Å²) < 4.78 is 0. The average molecular weight is 238 g/mol. The third-order valence-corrected chi connectivity index (χ3v) is 4.44. The van der Waals surface area contributed by atoms with Gasteiger partial charge in [-0.05, 0) is 51.5 Å². The van der Waals surface area contributed by atoms with Gasteiger partial charge in [-0.1, -0.05) is 13.3 Å². The van der Waals surface area contributed by atoms with Crippen LogP contribution in [0.2, 0.25) is 0 Å². The summed E-state index contributed by atoms with van der Waals surface area (Å²) >= 11 is 0. The molecule has 1 aliphatic carbocycles. The molecule has 1 amide bonds. The first-order valence-corrected chi connectivity index (χ1v) is 7.28. The normalized spacial score (nSPS) is 28.0. The van der Waals surface area contributed by atoms with E-state index in [0.717, 1.165) is 38.3 Å². The van der Waals surface area contributed by atoms with Crippen LogP contribution in [0.4, 0.5) is 0 Å². The molecule has 17 heavy (non-hydrogen) atoms. The Morgan fingerprint density at radius 1 is 1.35 bits per heavy atom. The zero-order valence-electron chi connectivity index (χ0n) is 11.2. The summed E-state index contributed by atoms with van der Waals surface area (Å²) in [5, 5.41) is 3.39. The van der Waals surface area contributed by atoms with Crippen molar-refractivity contribution in [3.63, 3.8) is 0 Å². The fourth-order valence-electron chi connectivity index (χ4n) is 2.99. The van der Waals surface area contributed by atoms with Gasteiger partial charge in [-0.3, -0.25) is 4.79 Å². The molecule has 3 nitrogen and oxygen atoms in total. The summed E-state index contributed by atoms with van der Waals surface area (Å²) in [6, 6.07) is 0.550. The van der Waals surface area contributed by atoms with Gasteiger partial charge in [0.05, 0.1) is 6.04 Å². The Morgan fingerprint density at radius 2 is 2.12 bits per heavy atom. The van der Waals surface area contributed by atoms with Crippen LogP contribution in [-0.2, 0) is 4.79 Å². The highest BCUT2D eigenvalue weighted by Crippen LogP contribution is 2.33. The number of piperidine rings is 1. The molecule has 1 saturated heterocycles. The van der Waals surface area contributed by atoms with Gasteiger partial charge in [0.15, 0.2) is 0 Å². The maximum atomic E-state index is 12.4. The van der Waals surface area contributed by atoms with Gasteiger partial charge in [-0.15, -0.1) is 0 Å². The van der Waals surface area contributed by atoms with E-state index in [1.165, 1.54) is 19.3 Å². The number of hydrogen-bond acceptors (Lipinski definition) is 2. The topological polar surface area (TPSA) is 32.3 Å². The van der Waals surface area contributed by atoms with Crippen molar-refractivity contribution in [1.82, 2.24) is 10.2 Å². The summed E-state index contributed by atoms with van der Waals surface area (Å²) in [5.74, 6) is 1.12. The molecule has 0 aromatic heterocycles. The van der Waals surface area contributed by atoms with Crippen LogP contribution in [0.25, 0.3) is 0 Å². The molecule has 1 aliphatic heterocycles. The Morgan fingerprint density at radius 3 is 2.71 bits per heavy atom. The molecule has 2 fully saturated rings. The Hall–Kier alpha value is -0.570. The molecule has 2 rings (SSSR count). The van der Waals surface area contributed by atoms with E-state index in [-0.39, 0.29) is 6.04 Å². The highest BCUT2D eigenvalue weighted by molar-refractivity contribution is 5.82. The van der Waals surface area contributed by atoms with Gasteiger partial charge in [0.1, 0.15) is 0 Å². The number of amides is 1. The third kappa shape index (κ3) is 2.82. The van der Waals surface area contributed by atoms with Gasteiger partial charge in [0.2, 0.25) is 5.91 Å². The van der Waals surface area contributed by atoms with Crippen molar-refractivity contribution in [3.05, 3.63) is 0 Å². The van der Waals surface area contributed by atoms with Crippen LogP contribution < -0.4 is 5.32 Å². The van der Waals surface area contributed by atoms with Crippen LogP contribution in [0.3, 0.4) is 0 Å². The lowest BCUT2D eigenvalue weighted by Gasteiger charge is -2.43. The number of hydrogen-bond donors (Lipinski definition) is 1. The van der Waals surface area contributed by atoms with E-state index in [2.05, 4.69) is 24.1 Å². The van der Waals surface area contributed by atoms with E-state index in [4.69, 9.17) is 0 Å². The maximum Gasteiger partial charge on any atom is 0.239 e. The van der Waals surface area contributed by atoms with Gasteiger partial charge >= 0.3 is 0 Å². The Labute approximate surface area is 105 Å². The van der Waals surface area contributed by atoms with Gasteiger partial charge in [0.25, 0.3) is 0 Å². The minimum absolute atomic E-state index is 0.0891. The molecule has 3 heteroatoms. The van der Waals surface area contributed by atoms with Crippen LogP contribution >= 0.6 is 0 Å². The molecule has 0 aromatic carbocycles. The van der Waals surface area contributed by atoms with Crippen LogP contribution in [-0.4, -0.2) is 36.0 Å². The molecule has 1 saturated carbocycles. The van der Waals surface area contributed by atoms with Crippen molar-refractivity contribution >= 4 is 5.91 Å². The zero-order chi connectivity index (χ0) is 12.3. The van der Waals surface area contributed by atoms with Crippen molar-refractivity contribution in [2.45, 2.75) is 64.5 Å². The van der Waals surface area contributed by atoms with E-state index in [0.29, 0.717) is 11.9 Å². The van der Waals surface area contributed by atoms with E-state index < -0.39 is 0 Å². The largest absolute Gasteiger partial charge is 0.338 e. The Bertz CT molecular complexity index is 263. The van der Waals surface area contributed by atoms with Crippen LogP contribution in [0, 0.1) is 5.92 Å². The molecular weight excluding hydrogens is 212 g/mol. The Kier molecular flexibility index (Phi) is 4.43. The first-order valence-electron chi connectivity index (χ1n) is 7.28. The fraction of sp³-hybridized carbons (Fsp3) is 0.929. The molecule has 0 aromatic rings. The standard InChI is InChI=1S/C14H26N2O/c1-3-9-15-13-8-5-10-16(14(13)17)11(2)12-6-4-7-12/h11-13,15H,3-10H2,1-2H3. The summed E-state index contributed by atoms with van der Waals surface area (Å²) in [5.41, 5.74) is 0. The van der Waals surface area contributed by atoms with E-state index in [9.17, 15) is 4.79 Å². The molecule has 2 unspecified atom stereocenters. The summed E-state index contributed by atoms with van der Waals surface area (Å²) in [4.78, 5) is 14.5. The zero-order valence-corrected chi connectivity index (χ0v) is 11.2. The second-order valence-electron chi connectivity index (χ2n) is 5.61. The second-order valence-corrected chi connectivity index (χ2v) is 5.61. The van der Waals surface area contributed by atoms with Crippen LogP contribution in [0.1, 0.15) is 52.4 Å². The molecule has 0 bridgehead atoms. The minimum atomic E-state index is 0.0891. The monoisotopic (exact) mass is 238 g/mol. The first-order chi connectivity index (χ1) is 8.24. The van der Waals surface area contributed by atoms with Crippen molar-refractivity contribution < 1.29 is 4.79 Å². The van der Waals surface area contributed by atoms with E-state index >= 15 is 0 Å². The predicted octanol–water partition coefficient (Wildman–Crippen LogP) is 2.17. The number of likely N-dealkylation sites (tertiary alicyclic amines) is 1. The van der Waals surface area contributed by atoms with Crippen molar-refractivity contribution in [2.24, 2.45) is 5.92 Å². The lowest BCUT2D eigenvalue weighted by atomic mass is 9.79. The number of carbonyl (C=O) groups excluding carboxylic acids is 1. The Balaban J connectivity index is 1.90. The first kappa shape index (κ1) is 12.9. The number of rotatable bonds is 5. The molecule has 98 valence electrons. The summed E-state index contributed by atoms with van der Waals surface area (Å²) in [6.07, 6.45) is 7.27. The van der Waals surface area contributed by atoms with Gasteiger partial charge in [-0.25, -0.2) is 0 Å². The molecular formula is C14H26N2O. The predicted molar refractivity (Wildman–Crippen MR) is 69.8 cm³/mol. The van der Waals surface area contributed by atoms with Crippen molar-refractivity contribution in [3.8, 4) is 0 Å². The molecule has 0 radical (unpaired) electrons. The minimum Gasteiger partial charge on any atom is -0.338 e. The SMILES string of the molecule is CCCNC1CCCN(C(C)C2CCC2)C1=O. The molecule has 0 spiro atoms. The molecule has 2 atom stereocenters. The van der Waals surface area contributed by atoms with Crippen molar-refractivity contribution in [2.75, 3.05) is 13.1 Å². The molecule has 1 N–H and O–H groups in total. The average Bonchev–Trinajstić information content (AvgIpc) is 2.25. The van der Waals surface area contributed by atoms with Gasteiger partial charge in [0, 0.05) is 12.6 Å². The number of nitrogens with zero attached hydrogens (tertiary/aromatic N) is 1. The fourth-order valence-corrected chi connectivity index (χ4v) is 2.99. The van der Waals surface area contributed by atoms with Crippen LogP contribution in [0.15, 0.2) is 0 Å². The lowest BCUT2D eigenvalue weighted by Crippen LogP contribution is -2.55. The van der Waals surface area contributed by atoms with Crippen molar-refractivity contribution in [1.29, 1.82) is 0 Å². The maximum absolute atomic E-state index is 12.4. The number of carbonyl (C=O) groups is 1. The van der Waals surface area contributed by atoms with Gasteiger partial charge in [-0.2, -0.15) is 0 Å². The van der Waals surface area contributed by atoms with Gasteiger partial charge < -0.3 is 10.2 Å². The smallest absolute Gasteiger partial charge is 0.239 e. The quantitative estimate of drug-likeness (QED) is 0.796. The lowest BCUT2D eigenvalue weighted by molar-refractivity contribution is -0.140. The highest BCUT2D eigenvalue weighted by atomic mass is 16.2. The van der Waals surface area contributed by atoms with E-state index in [1.807, 2.05) is 0 Å². The molecule has 2 aliphatic rings.